The van der Waals surface area contributed by atoms with Gasteiger partial charge in [0, 0.05) is 12.3 Å². The summed E-state index contributed by atoms with van der Waals surface area (Å²) in [5.41, 5.74) is 0. The molecule has 0 bridgehead atoms. The monoisotopic (exact) mass is 343 g/mol. The summed E-state index contributed by atoms with van der Waals surface area (Å²) in [4.78, 5) is 46.7. The molecule has 1 atom stereocenters. The van der Waals surface area contributed by atoms with Crippen molar-refractivity contribution in [2.45, 2.75) is 60.4 Å². The molecule has 0 fully saturated rings. The zero-order chi connectivity index (χ0) is 18.9. The molecule has 0 rings (SSSR count). The number of Topliss-reactive ketones (excluding diaryl/α,β-unsaturated/α-hetero) is 1. The van der Waals surface area contributed by atoms with E-state index in [4.69, 9.17) is 9.47 Å². The van der Waals surface area contributed by atoms with Gasteiger partial charge in [-0.05, 0) is 5.92 Å². The Kier molecular flexibility index (Phi) is 9.92. The highest BCUT2D eigenvalue weighted by molar-refractivity contribution is 5.91. The molecule has 7 nitrogen and oxygen atoms in total. The van der Waals surface area contributed by atoms with Crippen LogP contribution in [0.2, 0.25) is 0 Å². The van der Waals surface area contributed by atoms with E-state index in [2.05, 4.69) is 5.32 Å². The standard InChI is InChI=1S/C17H29NO6/c1-10(2)15(16(21)11(3)4)18-13(19)7-8-14(20)23-9-24-17(22)12(5)6/h10-12,15H,7-9H2,1-6H3,(H,18,19). The van der Waals surface area contributed by atoms with E-state index in [1.165, 1.54) is 0 Å². The number of amides is 1. The zero-order valence-electron chi connectivity index (χ0n) is 15.4. The molecule has 0 aliphatic rings. The lowest BCUT2D eigenvalue weighted by molar-refractivity contribution is -0.169. The van der Waals surface area contributed by atoms with E-state index < -0.39 is 24.8 Å². The highest BCUT2D eigenvalue weighted by Crippen LogP contribution is 2.09. The van der Waals surface area contributed by atoms with E-state index in [0.717, 1.165) is 0 Å². The predicted octanol–water partition coefficient (Wildman–Crippen LogP) is 1.83. The van der Waals surface area contributed by atoms with Gasteiger partial charge < -0.3 is 14.8 Å². The first-order valence-corrected chi connectivity index (χ1v) is 8.21. The summed E-state index contributed by atoms with van der Waals surface area (Å²) in [6.07, 6.45) is -0.239. The smallest absolute Gasteiger partial charge is 0.311 e. The van der Waals surface area contributed by atoms with Crippen molar-refractivity contribution < 1.29 is 28.7 Å². The Bertz CT molecular complexity index is 456. The van der Waals surface area contributed by atoms with Crippen LogP contribution in [0.25, 0.3) is 0 Å². The van der Waals surface area contributed by atoms with Gasteiger partial charge in [-0.3, -0.25) is 19.2 Å². The Morgan fingerprint density at radius 3 is 1.88 bits per heavy atom. The lowest BCUT2D eigenvalue weighted by Crippen LogP contribution is -2.46. The molecular formula is C17H29NO6. The molecule has 138 valence electrons. The Balaban J connectivity index is 4.21. The van der Waals surface area contributed by atoms with Crippen LogP contribution in [0.15, 0.2) is 0 Å². The first-order chi connectivity index (χ1) is 11.1. The fourth-order valence-corrected chi connectivity index (χ4v) is 1.78. The maximum Gasteiger partial charge on any atom is 0.311 e. The third-order valence-corrected chi connectivity index (χ3v) is 3.31. The highest BCUT2D eigenvalue weighted by Gasteiger charge is 2.26. The first-order valence-electron chi connectivity index (χ1n) is 8.21. The summed E-state index contributed by atoms with van der Waals surface area (Å²) < 4.78 is 9.43. The van der Waals surface area contributed by atoms with Crippen LogP contribution in [0.1, 0.15) is 54.4 Å². The maximum atomic E-state index is 12.1. The third-order valence-electron chi connectivity index (χ3n) is 3.31. The number of esters is 2. The molecule has 0 aromatic rings. The van der Waals surface area contributed by atoms with Crippen molar-refractivity contribution in [2.24, 2.45) is 17.8 Å². The fraction of sp³-hybridized carbons (Fsp3) is 0.765. The van der Waals surface area contributed by atoms with Crippen LogP contribution < -0.4 is 5.32 Å². The Morgan fingerprint density at radius 2 is 1.42 bits per heavy atom. The molecule has 0 aromatic heterocycles. The Hall–Kier alpha value is -1.92. The second-order valence-corrected chi connectivity index (χ2v) is 6.60. The van der Waals surface area contributed by atoms with E-state index in [9.17, 15) is 19.2 Å². The molecule has 0 aliphatic carbocycles. The Morgan fingerprint density at radius 1 is 0.833 bits per heavy atom. The normalized spacial score (nSPS) is 12.2. The van der Waals surface area contributed by atoms with Gasteiger partial charge in [-0.2, -0.15) is 0 Å². The molecule has 1 unspecified atom stereocenters. The highest BCUT2D eigenvalue weighted by atomic mass is 16.7. The van der Waals surface area contributed by atoms with Gasteiger partial charge in [-0.15, -0.1) is 0 Å². The van der Waals surface area contributed by atoms with Crippen molar-refractivity contribution >= 4 is 23.6 Å². The summed E-state index contributed by atoms with van der Waals surface area (Å²) in [5.74, 6) is -2.06. The topological polar surface area (TPSA) is 98.8 Å². The average molecular weight is 343 g/mol. The van der Waals surface area contributed by atoms with Crippen LogP contribution in [-0.2, 0) is 28.7 Å². The van der Waals surface area contributed by atoms with Gasteiger partial charge >= 0.3 is 11.9 Å². The number of carbonyl (C=O) groups excluding carboxylic acids is 4. The lowest BCUT2D eigenvalue weighted by atomic mass is 9.93. The zero-order valence-corrected chi connectivity index (χ0v) is 15.4. The average Bonchev–Trinajstić information content (AvgIpc) is 2.49. The molecule has 7 heteroatoms. The van der Waals surface area contributed by atoms with Gasteiger partial charge in [0.05, 0.1) is 18.4 Å². The summed E-state index contributed by atoms with van der Waals surface area (Å²) >= 11 is 0. The van der Waals surface area contributed by atoms with Crippen molar-refractivity contribution in [2.75, 3.05) is 6.79 Å². The number of ketones is 1. The molecule has 0 aliphatic heterocycles. The minimum absolute atomic E-state index is 0.0359. The van der Waals surface area contributed by atoms with Gasteiger partial charge in [-0.25, -0.2) is 0 Å². The number of ether oxygens (including phenoxy) is 2. The third kappa shape index (κ3) is 8.64. The summed E-state index contributed by atoms with van der Waals surface area (Å²) in [6.45, 7) is 10.1. The Labute approximate surface area is 143 Å². The molecular weight excluding hydrogens is 314 g/mol. The van der Waals surface area contributed by atoms with Crippen LogP contribution in [0.3, 0.4) is 0 Å². The SMILES string of the molecule is CC(C)C(=O)OCOC(=O)CCC(=O)NC(C(=O)C(C)C)C(C)C. The van der Waals surface area contributed by atoms with Crippen LogP contribution in [0.5, 0.6) is 0 Å². The van der Waals surface area contributed by atoms with E-state index >= 15 is 0 Å². The lowest BCUT2D eigenvalue weighted by Gasteiger charge is -2.22. The molecule has 1 N–H and O–H groups in total. The summed E-state index contributed by atoms with van der Waals surface area (Å²) in [7, 11) is 0. The van der Waals surface area contributed by atoms with Gasteiger partial charge in [0.15, 0.2) is 5.78 Å². The van der Waals surface area contributed by atoms with E-state index in [0.29, 0.717) is 0 Å². The van der Waals surface area contributed by atoms with Gasteiger partial charge in [0.25, 0.3) is 0 Å². The van der Waals surface area contributed by atoms with Gasteiger partial charge in [-0.1, -0.05) is 41.5 Å². The van der Waals surface area contributed by atoms with E-state index in [-0.39, 0.29) is 42.3 Å². The summed E-state index contributed by atoms with van der Waals surface area (Å²) in [6, 6.07) is -0.569. The van der Waals surface area contributed by atoms with Crippen molar-refractivity contribution in [1.29, 1.82) is 0 Å². The first kappa shape index (κ1) is 22.1. The van der Waals surface area contributed by atoms with Crippen molar-refractivity contribution in [1.82, 2.24) is 5.32 Å². The molecule has 0 saturated carbocycles. The molecule has 0 heterocycles. The van der Waals surface area contributed by atoms with Gasteiger partial charge in [0.1, 0.15) is 0 Å². The molecule has 0 saturated heterocycles. The fourth-order valence-electron chi connectivity index (χ4n) is 1.78. The van der Waals surface area contributed by atoms with E-state index in [1.54, 1.807) is 27.7 Å². The number of rotatable bonds is 10. The predicted molar refractivity (Wildman–Crippen MR) is 87.7 cm³/mol. The minimum Gasteiger partial charge on any atom is -0.428 e. The number of hydrogen-bond donors (Lipinski definition) is 1. The molecule has 1 amide bonds. The summed E-state index contributed by atoms with van der Waals surface area (Å²) in [5, 5.41) is 2.66. The van der Waals surface area contributed by atoms with Crippen LogP contribution >= 0.6 is 0 Å². The molecule has 0 aromatic carbocycles. The van der Waals surface area contributed by atoms with Crippen molar-refractivity contribution in [3.8, 4) is 0 Å². The van der Waals surface area contributed by atoms with E-state index in [1.807, 2.05) is 13.8 Å². The number of nitrogens with one attached hydrogen (secondary N) is 1. The van der Waals surface area contributed by atoms with Crippen LogP contribution in [0, 0.1) is 17.8 Å². The van der Waals surface area contributed by atoms with Crippen molar-refractivity contribution in [3.63, 3.8) is 0 Å². The number of carbonyl (C=O) groups is 4. The van der Waals surface area contributed by atoms with Crippen LogP contribution in [-0.4, -0.2) is 36.5 Å². The van der Waals surface area contributed by atoms with Gasteiger partial charge in [0.2, 0.25) is 12.7 Å². The molecule has 24 heavy (non-hydrogen) atoms. The minimum atomic E-state index is -0.641. The molecule has 0 spiro atoms. The second-order valence-electron chi connectivity index (χ2n) is 6.60. The van der Waals surface area contributed by atoms with Crippen molar-refractivity contribution in [3.05, 3.63) is 0 Å². The second kappa shape index (κ2) is 10.8. The largest absolute Gasteiger partial charge is 0.428 e. The quantitative estimate of drug-likeness (QED) is 0.480. The molecule has 0 radical (unpaired) electrons. The van der Waals surface area contributed by atoms with Crippen LogP contribution in [0.4, 0.5) is 0 Å². The number of hydrogen-bond acceptors (Lipinski definition) is 6. The maximum absolute atomic E-state index is 12.1.